The predicted octanol–water partition coefficient (Wildman–Crippen LogP) is 6.21. The van der Waals surface area contributed by atoms with E-state index in [4.69, 9.17) is 4.98 Å². The van der Waals surface area contributed by atoms with Gasteiger partial charge in [-0.3, -0.25) is 15.0 Å². The number of benzene rings is 2. The molecule has 0 atom stereocenters. The second-order valence-corrected chi connectivity index (χ2v) is 9.88. The van der Waals surface area contributed by atoms with Gasteiger partial charge < -0.3 is 4.98 Å². The molecule has 0 spiro atoms. The summed E-state index contributed by atoms with van der Waals surface area (Å²) in [6, 6.07) is 16.1. The highest BCUT2D eigenvalue weighted by molar-refractivity contribution is 5.97. The van der Waals surface area contributed by atoms with E-state index in [1.807, 2.05) is 30.3 Å². The lowest BCUT2D eigenvalue weighted by molar-refractivity contribution is 0.0115. The standard InChI is InChI=1S/C29H22F3N7/c30-21-4-1-18(2-5-21)22-7-9-34-27-25(22)35-28(36-27)26-23-12-19(3-6-24(23)37-38-26)20-11-17(13-33-14-20)15-39-10-8-29(31,32)16-39/h1-7,9,11-14H,8,10,15-16H2,(H,37,38)(H,34,35,36). The topological polar surface area (TPSA) is 86.4 Å². The lowest BCUT2D eigenvalue weighted by Crippen LogP contribution is -2.24. The van der Waals surface area contributed by atoms with Gasteiger partial charge >= 0.3 is 0 Å². The highest BCUT2D eigenvalue weighted by Gasteiger charge is 2.37. The van der Waals surface area contributed by atoms with E-state index >= 15 is 0 Å². The third-order valence-corrected chi connectivity index (χ3v) is 7.12. The quantitative estimate of drug-likeness (QED) is 0.280. The molecule has 0 unspecified atom stereocenters. The Morgan fingerprint density at radius 1 is 0.949 bits per heavy atom. The maximum Gasteiger partial charge on any atom is 0.261 e. The Balaban J connectivity index is 1.24. The van der Waals surface area contributed by atoms with E-state index in [-0.39, 0.29) is 18.8 Å². The number of H-pyrrole nitrogens is 2. The molecule has 194 valence electrons. The molecule has 0 amide bonds. The van der Waals surface area contributed by atoms with Gasteiger partial charge in [0.2, 0.25) is 0 Å². The van der Waals surface area contributed by atoms with E-state index in [0.717, 1.165) is 44.2 Å². The van der Waals surface area contributed by atoms with Crippen molar-refractivity contribution in [1.82, 2.24) is 35.0 Å². The molecule has 5 heterocycles. The molecule has 1 aliphatic rings. The number of rotatable bonds is 5. The Hall–Kier alpha value is -4.57. The molecule has 0 aliphatic carbocycles. The molecule has 1 aliphatic heterocycles. The van der Waals surface area contributed by atoms with Gasteiger partial charge in [-0.1, -0.05) is 18.2 Å². The number of aromatic amines is 2. The summed E-state index contributed by atoms with van der Waals surface area (Å²) in [5.41, 5.74) is 7.14. The summed E-state index contributed by atoms with van der Waals surface area (Å²) in [5, 5.41) is 8.44. The number of pyridine rings is 2. The monoisotopic (exact) mass is 525 g/mol. The number of imidazole rings is 1. The second-order valence-electron chi connectivity index (χ2n) is 9.88. The fourth-order valence-electron chi connectivity index (χ4n) is 5.20. The third kappa shape index (κ3) is 4.42. The molecule has 2 N–H and O–H groups in total. The molecule has 4 aromatic heterocycles. The molecule has 0 radical (unpaired) electrons. The van der Waals surface area contributed by atoms with Gasteiger partial charge in [-0.15, -0.1) is 0 Å². The number of alkyl halides is 2. The Labute approximate surface area is 220 Å². The fourth-order valence-corrected chi connectivity index (χ4v) is 5.20. The first-order valence-electron chi connectivity index (χ1n) is 12.6. The zero-order valence-corrected chi connectivity index (χ0v) is 20.6. The van der Waals surface area contributed by atoms with Crippen LogP contribution >= 0.6 is 0 Å². The van der Waals surface area contributed by atoms with Crippen molar-refractivity contribution in [3.8, 4) is 33.8 Å². The second kappa shape index (κ2) is 9.02. The molecule has 7 nitrogen and oxygen atoms in total. The summed E-state index contributed by atoms with van der Waals surface area (Å²) >= 11 is 0. The van der Waals surface area contributed by atoms with Crippen molar-refractivity contribution in [3.63, 3.8) is 0 Å². The fraction of sp³-hybridized carbons (Fsp3) is 0.172. The highest BCUT2D eigenvalue weighted by atomic mass is 19.3. The number of nitrogens with one attached hydrogen (secondary N) is 2. The lowest BCUT2D eigenvalue weighted by Gasteiger charge is -2.15. The smallest absolute Gasteiger partial charge is 0.261 e. The predicted molar refractivity (Wildman–Crippen MR) is 142 cm³/mol. The van der Waals surface area contributed by atoms with Gasteiger partial charge in [0.1, 0.15) is 11.5 Å². The molecule has 10 heteroatoms. The molecular formula is C29H22F3N7. The number of nitrogens with zero attached hydrogens (tertiary/aromatic N) is 5. The maximum absolute atomic E-state index is 13.6. The van der Waals surface area contributed by atoms with Gasteiger partial charge in [-0.2, -0.15) is 5.10 Å². The summed E-state index contributed by atoms with van der Waals surface area (Å²) < 4.78 is 40.7. The molecule has 2 aromatic carbocycles. The summed E-state index contributed by atoms with van der Waals surface area (Å²) in [6.45, 7) is 0.575. The van der Waals surface area contributed by atoms with E-state index in [0.29, 0.717) is 30.3 Å². The SMILES string of the molecule is Fc1ccc(-c2ccnc3nc(-c4n[nH]c5ccc(-c6cncc(CN7CCC(F)(F)C7)c6)cc45)[nH]c23)cc1. The van der Waals surface area contributed by atoms with Crippen molar-refractivity contribution < 1.29 is 13.2 Å². The van der Waals surface area contributed by atoms with Gasteiger partial charge in [-0.25, -0.2) is 23.1 Å². The highest BCUT2D eigenvalue weighted by Crippen LogP contribution is 2.33. The minimum atomic E-state index is -2.63. The third-order valence-electron chi connectivity index (χ3n) is 7.12. The van der Waals surface area contributed by atoms with Crippen molar-refractivity contribution in [2.24, 2.45) is 0 Å². The molecule has 1 fully saturated rings. The van der Waals surface area contributed by atoms with Gasteiger partial charge in [0.25, 0.3) is 5.92 Å². The van der Waals surface area contributed by atoms with E-state index in [9.17, 15) is 13.2 Å². The van der Waals surface area contributed by atoms with Gasteiger partial charge in [0, 0.05) is 54.6 Å². The zero-order chi connectivity index (χ0) is 26.6. The van der Waals surface area contributed by atoms with Crippen molar-refractivity contribution in [2.75, 3.05) is 13.1 Å². The Morgan fingerprint density at radius 3 is 2.62 bits per heavy atom. The minimum Gasteiger partial charge on any atom is -0.335 e. The minimum absolute atomic E-state index is 0.108. The Kier molecular flexibility index (Phi) is 5.44. The van der Waals surface area contributed by atoms with Crippen LogP contribution in [0.5, 0.6) is 0 Å². The first kappa shape index (κ1) is 23.5. The molecule has 6 aromatic rings. The van der Waals surface area contributed by atoms with Gasteiger partial charge in [0.05, 0.1) is 17.6 Å². The van der Waals surface area contributed by atoms with Gasteiger partial charge in [0.15, 0.2) is 11.5 Å². The van der Waals surface area contributed by atoms with E-state index in [2.05, 4.69) is 25.1 Å². The van der Waals surface area contributed by atoms with Crippen LogP contribution in [0.3, 0.4) is 0 Å². The van der Waals surface area contributed by atoms with Crippen molar-refractivity contribution in [1.29, 1.82) is 0 Å². The summed E-state index contributed by atoms with van der Waals surface area (Å²) in [4.78, 5) is 18.6. The van der Waals surface area contributed by atoms with Crippen LogP contribution in [0.2, 0.25) is 0 Å². The number of hydrogen-bond donors (Lipinski definition) is 2. The summed E-state index contributed by atoms with van der Waals surface area (Å²) in [6.07, 6.45) is 5.06. The first-order valence-corrected chi connectivity index (χ1v) is 12.6. The van der Waals surface area contributed by atoms with E-state index in [1.54, 1.807) is 35.6 Å². The number of halogens is 3. The summed E-state index contributed by atoms with van der Waals surface area (Å²) in [7, 11) is 0. The van der Waals surface area contributed by atoms with Crippen LogP contribution in [0.4, 0.5) is 13.2 Å². The van der Waals surface area contributed by atoms with Crippen molar-refractivity contribution in [3.05, 3.63) is 84.6 Å². The van der Waals surface area contributed by atoms with E-state index in [1.165, 1.54) is 12.1 Å². The van der Waals surface area contributed by atoms with Crippen LogP contribution in [0.15, 0.2) is 73.2 Å². The largest absolute Gasteiger partial charge is 0.335 e. The molecule has 0 saturated carbocycles. The molecular weight excluding hydrogens is 503 g/mol. The average molecular weight is 526 g/mol. The number of likely N-dealkylation sites (tertiary alicyclic amines) is 1. The Bertz CT molecular complexity index is 1820. The molecule has 39 heavy (non-hydrogen) atoms. The molecule has 0 bridgehead atoms. The number of hydrogen-bond acceptors (Lipinski definition) is 5. The van der Waals surface area contributed by atoms with Crippen LogP contribution in [0, 0.1) is 5.82 Å². The van der Waals surface area contributed by atoms with Crippen LogP contribution in [0.1, 0.15) is 12.0 Å². The normalized spacial score (nSPS) is 15.5. The first-order chi connectivity index (χ1) is 18.9. The van der Waals surface area contributed by atoms with Crippen LogP contribution in [-0.2, 0) is 6.54 Å². The zero-order valence-electron chi connectivity index (χ0n) is 20.6. The number of fused-ring (bicyclic) bond motifs is 2. The van der Waals surface area contributed by atoms with Crippen LogP contribution in [0.25, 0.3) is 55.8 Å². The Morgan fingerprint density at radius 2 is 1.79 bits per heavy atom. The maximum atomic E-state index is 13.6. The molecule has 7 rings (SSSR count). The van der Waals surface area contributed by atoms with E-state index < -0.39 is 5.92 Å². The molecule has 1 saturated heterocycles. The lowest BCUT2D eigenvalue weighted by atomic mass is 10.0. The summed E-state index contributed by atoms with van der Waals surface area (Å²) in [5.74, 6) is -2.37. The average Bonchev–Trinajstić information content (AvgIpc) is 3.64. The van der Waals surface area contributed by atoms with Crippen molar-refractivity contribution >= 4 is 22.1 Å². The van der Waals surface area contributed by atoms with Crippen molar-refractivity contribution in [2.45, 2.75) is 18.9 Å². The van der Waals surface area contributed by atoms with Crippen LogP contribution < -0.4 is 0 Å². The van der Waals surface area contributed by atoms with Gasteiger partial charge in [-0.05, 0) is 53.1 Å². The van der Waals surface area contributed by atoms with Crippen LogP contribution in [-0.4, -0.2) is 54.0 Å². The number of aromatic nitrogens is 6.